The molecule has 0 atom stereocenters. The summed E-state index contributed by atoms with van der Waals surface area (Å²) in [5.74, 6) is 0.915. The summed E-state index contributed by atoms with van der Waals surface area (Å²) < 4.78 is 10.4. The van der Waals surface area contributed by atoms with Crippen molar-refractivity contribution in [3.05, 3.63) is 54.0 Å². The Hall–Kier alpha value is -2.56. The molecule has 0 aliphatic heterocycles. The number of furan rings is 1. The Balaban J connectivity index is 1.73. The van der Waals surface area contributed by atoms with Crippen molar-refractivity contribution < 1.29 is 13.9 Å². The highest BCUT2D eigenvalue weighted by atomic mass is 16.5. The van der Waals surface area contributed by atoms with Crippen molar-refractivity contribution in [1.82, 2.24) is 5.43 Å². The van der Waals surface area contributed by atoms with Gasteiger partial charge in [-0.15, -0.1) is 0 Å². The number of carbonyl (C=O) groups is 1. The average molecular weight is 286 g/mol. The van der Waals surface area contributed by atoms with Gasteiger partial charge in [0.15, 0.2) is 6.61 Å². The van der Waals surface area contributed by atoms with Crippen molar-refractivity contribution in [2.75, 3.05) is 6.61 Å². The number of ether oxygens (including phenoxy) is 1. The minimum atomic E-state index is -0.324. The lowest BCUT2D eigenvalue weighted by atomic mass is 10.1. The average Bonchev–Trinajstić information content (AvgIpc) is 3.00. The number of hydrogen-bond donors (Lipinski definition) is 1. The molecule has 2 rings (SSSR count). The van der Waals surface area contributed by atoms with Crippen molar-refractivity contribution in [2.24, 2.45) is 5.10 Å². The molecule has 1 N–H and O–H groups in total. The van der Waals surface area contributed by atoms with Crippen LogP contribution in [-0.4, -0.2) is 18.7 Å². The Morgan fingerprint density at radius 3 is 2.81 bits per heavy atom. The van der Waals surface area contributed by atoms with E-state index in [0.29, 0.717) is 11.5 Å². The normalized spacial score (nSPS) is 10.7. The van der Waals surface area contributed by atoms with E-state index in [1.807, 2.05) is 24.3 Å². The maximum absolute atomic E-state index is 11.5. The minimum Gasteiger partial charge on any atom is -0.484 e. The Morgan fingerprint density at radius 2 is 2.14 bits per heavy atom. The topological polar surface area (TPSA) is 63.8 Å². The highest BCUT2D eigenvalue weighted by Crippen LogP contribution is 2.13. The van der Waals surface area contributed by atoms with Crippen molar-refractivity contribution >= 4 is 12.1 Å². The summed E-state index contributed by atoms with van der Waals surface area (Å²) in [5.41, 5.74) is 3.63. The number of nitrogens with one attached hydrogen (secondary N) is 1. The van der Waals surface area contributed by atoms with Gasteiger partial charge in [0, 0.05) is 0 Å². The number of hydrazone groups is 1. The predicted octanol–water partition coefficient (Wildman–Crippen LogP) is 2.76. The molecule has 0 bridgehead atoms. The first-order valence-electron chi connectivity index (χ1n) is 6.85. The second kappa shape index (κ2) is 7.89. The van der Waals surface area contributed by atoms with Gasteiger partial charge in [-0.3, -0.25) is 4.79 Å². The van der Waals surface area contributed by atoms with Crippen molar-refractivity contribution in [3.8, 4) is 5.75 Å². The lowest BCUT2D eigenvalue weighted by molar-refractivity contribution is -0.123. The van der Waals surface area contributed by atoms with Crippen LogP contribution in [0.5, 0.6) is 5.75 Å². The summed E-state index contributed by atoms with van der Waals surface area (Å²) in [6.45, 7) is 2.06. The van der Waals surface area contributed by atoms with Gasteiger partial charge in [-0.2, -0.15) is 5.10 Å². The number of nitrogens with zero attached hydrogens (tertiary/aromatic N) is 1. The van der Waals surface area contributed by atoms with Crippen LogP contribution in [-0.2, 0) is 11.2 Å². The molecule has 5 heteroatoms. The molecule has 1 aromatic carbocycles. The molecule has 21 heavy (non-hydrogen) atoms. The molecule has 0 saturated carbocycles. The summed E-state index contributed by atoms with van der Waals surface area (Å²) in [4.78, 5) is 11.5. The first-order valence-corrected chi connectivity index (χ1v) is 6.85. The van der Waals surface area contributed by atoms with Crippen molar-refractivity contribution in [2.45, 2.75) is 19.8 Å². The standard InChI is InChI=1S/C16H18N2O3/c1-2-4-13-6-8-14(9-7-13)21-12-16(19)18-17-11-15-5-3-10-20-15/h3,5-11H,2,4,12H2,1H3,(H,18,19)/b17-11-. The maximum Gasteiger partial charge on any atom is 0.277 e. The fourth-order valence-corrected chi connectivity index (χ4v) is 1.75. The largest absolute Gasteiger partial charge is 0.484 e. The monoisotopic (exact) mass is 286 g/mol. The van der Waals surface area contributed by atoms with Gasteiger partial charge in [0.1, 0.15) is 11.5 Å². The lowest BCUT2D eigenvalue weighted by Crippen LogP contribution is -2.24. The van der Waals surface area contributed by atoms with Gasteiger partial charge in [0.25, 0.3) is 5.91 Å². The number of carbonyl (C=O) groups excluding carboxylic acids is 1. The molecule has 0 spiro atoms. The molecule has 2 aromatic rings. The summed E-state index contributed by atoms with van der Waals surface area (Å²) in [5, 5.41) is 3.77. The Labute approximate surface area is 123 Å². The van der Waals surface area contributed by atoms with E-state index in [9.17, 15) is 4.79 Å². The summed E-state index contributed by atoms with van der Waals surface area (Å²) in [6, 6.07) is 11.2. The molecular formula is C16H18N2O3. The molecule has 110 valence electrons. The summed E-state index contributed by atoms with van der Waals surface area (Å²) in [7, 11) is 0. The molecule has 5 nitrogen and oxygen atoms in total. The maximum atomic E-state index is 11.5. The van der Waals surface area contributed by atoms with Crippen LogP contribution in [0.25, 0.3) is 0 Å². The van der Waals surface area contributed by atoms with Crippen LogP contribution in [0.15, 0.2) is 52.2 Å². The van der Waals surface area contributed by atoms with E-state index in [0.717, 1.165) is 12.8 Å². The van der Waals surface area contributed by atoms with Gasteiger partial charge in [-0.1, -0.05) is 25.5 Å². The summed E-state index contributed by atoms with van der Waals surface area (Å²) in [6.07, 6.45) is 5.12. The van der Waals surface area contributed by atoms with Gasteiger partial charge in [0.05, 0.1) is 12.5 Å². The number of hydrogen-bond acceptors (Lipinski definition) is 4. The fourth-order valence-electron chi connectivity index (χ4n) is 1.75. The van der Waals surface area contributed by atoms with E-state index in [4.69, 9.17) is 9.15 Å². The smallest absolute Gasteiger partial charge is 0.277 e. The SMILES string of the molecule is CCCc1ccc(OCC(=O)N/N=C\c2ccco2)cc1. The van der Waals surface area contributed by atoms with Crippen LogP contribution in [0.4, 0.5) is 0 Å². The molecule has 0 aliphatic carbocycles. The Bertz CT molecular complexity index is 574. The Kier molecular flexibility index (Phi) is 5.58. The molecule has 0 fully saturated rings. The van der Waals surface area contributed by atoms with Crippen molar-refractivity contribution in [3.63, 3.8) is 0 Å². The molecular weight excluding hydrogens is 268 g/mol. The van der Waals surface area contributed by atoms with Gasteiger partial charge < -0.3 is 9.15 Å². The molecule has 1 heterocycles. The van der Waals surface area contributed by atoms with Crippen LogP contribution in [0.1, 0.15) is 24.7 Å². The number of amides is 1. The molecule has 0 radical (unpaired) electrons. The summed E-state index contributed by atoms with van der Waals surface area (Å²) >= 11 is 0. The molecule has 1 amide bonds. The van der Waals surface area contributed by atoms with E-state index in [-0.39, 0.29) is 12.5 Å². The number of benzene rings is 1. The third kappa shape index (κ3) is 5.14. The first-order chi connectivity index (χ1) is 10.3. The van der Waals surface area contributed by atoms with E-state index in [1.165, 1.54) is 18.0 Å². The highest BCUT2D eigenvalue weighted by molar-refractivity contribution is 5.81. The van der Waals surface area contributed by atoms with Crippen LogP contribution < -0.4 is 10.2 Å². The fraction of sp³-hybridized carbons (Fsp3) is 0.250. The molecule has 0 saturated heterocycles. The zero-order valence-corrected chi connectivity index (χ0v) is 11.9. The molecule has 1 aromatic heterocycles. The van der Waals surface area contributed by atoms with E-state index < -0.39 is 0 Å². The van der Waals surface area contributed by atoms with Gasteiger partial charge >= 0.3 is 0 Å². The predicted molar refractivity (Wildman–Crippen MR) is 80.4 cm³/mol. The third-order valence-electron chi connectivity index (χ3n) is 2.76. The minimum absolute atomic E-state index is 0.0807. The molecule has 0 unspecified atom stereocenters. The third-order valence-corrected chi connectivity index (χ3v) is 2.76. The molecule has 0 aliphatic rings. The van der Waals surface area contributed by atoms with Gasteiger partial charge in [-0.05, 0) is 36.2 Å². The Morgan fingerprint density at radius 1 is 1.33 bits per heavy atom. The second-order valence-electron chi connectivity index (χ2n) is 4.49. The van der Waals surface area contributed by atoms with Gasteiger partial charge in [0.2, 0.25) is 0 Å². The quantitative estimate of drug-likeness (QED) is 0.629. The van der Waals surface area contributed by atoms with Crippen LogP contribution in [0, 0.1) is 0 Å². The van der Waals surface area contributed by atoms with Crippen molar-refractivity contribution in [1.29, 1.82) is 0 Å². The van der Waals surface area contributed by atoms with E-state index in [1.54, 1.807) is 12.1 Å². The van der Waals surface area contributed by atoms with E-state index >= 15 is 0 Å². The number of aryl methyl sites for hydroxylation is 1. The zero-order chi connectivity index (χ0) is 14.9. The highest BCUT2D eigenvalue weighted by Gasteiger charge is 2.01. The second-order valence-corrected chi connectivity index (χ2v) is 4.49. The zero-order valence-electron chi connectivity index (χ0n) is 11.9. The first kappa shape index (κ1) is 14.8. The van der Waals surface area contributed by atoms with Crippen LogP contribution >= 0.6 is 0 Å². The number of rotatable bonds is 7. The van der Waals surface area contributed by atoms with Crippen LogP contribution in [0.3, 0.4) is 0 Å². The van der Waals surface area contributed by atoms with E-state index in [2.05, 4.69) is 17.5 Å². The van der Waals surface area contributed by atoms with Gasteiger partial charge in [-0.25, -0.2) is 5.43 Å². The lowest BCUT2D eigenvalue weighted by Gasteiger charge is -2.05. The van der Waals surface area contributed by atoms with Crippen LogP contribution in [0.2, 0.25) is 0 Å².